The standard InChI is InChI=1S/C8H14O/c9-8-3-1-2-6-4-7(6)5-8/h6-9H,1-5H2/t6-,7-,8+/m0/s1. The van der Waals surface area contributed by atoms with Gasteiger partial charge in [0.1, 0.15) is 0 Å². The molecule has 52 valence electrons. The van der Waals surface area contributed by atoms with E-state index < -0.39 is 0 Å². The molecule has 0 saturated heterocycles. The first-order chi connectivity index (χ1) is 4.36. The molecule has 2 fully saturated rings. The predicted molar refractivity (Wildman–Crippen MR) is 36.1 cm³/mol. The van der Waals surface area contributed by atoms with Crippen molar-refractivity contribution in [2.75, 3.05) is 0 Å². The lowest BCUT2D eigenvalue weighted by atomic mass is 10.1. The first-order valence-corrected chi connectivity index (χ1v) is 4.04. The number of rotatable bonds is 0. The molecule has 1 N–H and O–H groups in total. The van der Waals surface area contributed by atoms with Gasteiger partial charge in [-0.3, -0.25) is 0 Å². The van der Waals surface area contributed by atoms with Crippen LogP contribution in [0.4, 0.5) is 0 Å². The summed E-state index contributed by atoms with van der Waals surface area (Å²) in [6.07, 6.45) is 6.28. The number of hydrogen-bond acceptors (Lipinski definition) is 1. The van der Waals surface area contributed by atoms with Crippen LogP contribution in [-0.4, -0.2) is 11.2 Å². The highest BCUT2D eigenvalue weighted by Crippen LogP contribution is 2.47. The van der Waals surface area contributed by atoms with E-state index in [-0.39, 0.29) is 6.10 Å². The normalized spacial score (nSPS) is 49.7. The van der Waals surface area contributed by atoms with Crippen molar-refractivity contribution in [3.8, 4) is 0 Å². The molecule has 0 heterocycles. The lowest BCUT2D eigenvalue weighted by molar-refractivity contribution is 0.150. The van der Waals surface area contributed by atoms with E-state index in [1.807, 2.05) is 0 Å². The van der Waals surface area contributed by atoms with Crippen molar-refractivity contribution in [2.24, 2.45) is 11.8 Å². The maximum Gasteiger partial charge on any atom is 0.0543 e. The summed E-state index contributed by atoms with van der Waals surface area (Å²) in [5.41, 5.74) is 0. The van der Waals surface area contributed by atoms with Gasteiger partial charge in [-0.2, -0.15) is 0 Å². The van der Waals surface area contributed by atoms with Crippen LogP contribution in [0.5, 0.6) is 0 Å². The molecule has 2 aliphatic carbocycles. The van der Waals surface area contributed by atoms with Crippen LogP contribution in [-0.2, 0) is 0 Å². The van der Waals surface area contributed by atoms with Crippen LogP contribution in [0.2, 0.25) is 0 Å². The fourth-order valence-corrected chi connectivity index (χ4v) is 2.04. The van der Waals surface area contributed by atoms with Crippen LogP contribution in [0.25, 0.3) is 0 Å². The van der Waals surface area contributed by atoms with Crippen LogP contribution in [0.3, 0.4) is 0 Å². The Kier molecular flexibility index (Phi) is 1.26. The van der Waals surface area contributed by atoms with Gasteiger partial charge in [-0.15, -0.1) is 0 Å². The maximum atomic E-state index is 9.29. The van der Waals surface area contributed by atoms with Crippen molar-refractivity contribution in [3.05, 3.63) is 0 Å². The zero-order chi connectivity index (χ0) is 6.27. The molecule has 3 atom stereocenters. The Hall–Kier alpha value is -0.0400. The van der Waals surface area contributed by atoms with Crippen LogP contribution >= 0.6 is 0 Å². The highest BCUT2D eigenvalue weighted by Gasteiger charge is 2.39. The van der Waals surface area contributed by atoms with E-state index in [2.05, 4.69) is 0 Å². The van der Waals surface area contributed by atoms with Crippen molar-refractivity contribution in [2.45, 2.75) is 38.2 Å². The Morgan fingerprint density at radius 2 is 1.89 bits per heavy atom. The molecule has 2 rings (SSSR count). The summed E-state index contributed by atoms with van der Waals surface area (Å²) in [5.74, 6) is 1.93. The second kappa shape index (κ2) is 1.98. The molecule has 0 spiro atoms. The van der Waals surface area contributed by atoms with Crippen molar-refractivity contribution < 1.29 is 5.11 Å². The zero-order valence-corrected chi connectivity index (χ0v) is 5.71. The third-order valence-corrected chi connectivity index (χ3v) is 2.76. The minimum Gasteiger partial charge on any atom is -0.393 e. The number of aliphatic hydroxyl groups is 1. The minimum atomic E-state index is 0.0440. The molecule has 0 aromatic carbocycles. The molecule has 0 aromatic rings. The molecule has 0 aromatic heterocycles. The van der Waals surface area contributed by atoms with E-state index >= 15 is 0 Å². The molecule has 1 nitrogen and oxygen atoms in total. The fraction of sp³-hybridized carbons (Fsp3) is 1.00. The minimum absolute atomic E-state index is 0.0440. The van der Waals surface area contributed by atoms with Gasteiger partial charge in [0.05, 0.1) is 6.10 Å². The Labute approximate surface area is 56.1 Å². The van der Waals surface area contributed by atoms with Gasteiger partial charge in [0, 0.05) is 0 Å². The molecule has 2 saturated carbocycles. The number of aliphatic hydroxyl groups excluding tert-OH is 1. The van der Waals surface area contributed by atoms with Crippen molar-refractivity contribution >= 4 is 0 Å². The fourth-order valence-electron chi connectivity index (χ4n) is 2.04. The Morgan fingerprint density at radius 1 is 1.00 bits per heavy atom. The molecule has 2 aliphatic rings. The Balaban J connectivity index is 1.92. The SMILES string of the molecule is O[C@@H]1CCC[C@H]2C[C@H]2C1. The summed E-state index contributed by atoms with van der Waals surface area (Å²) in [4.78, 5) is 0. The summed E-state index contributed by atoms with van der Waals surface area (Å²) >= 11 is 0. The summed E-state index contributed by atoms with van der Waals surface area (Å²) in [7, 11) is 0. The molecule has 9 heavy (non-hydrogen) atoms. The summed E-state index contributed by atoms with van der Waals surface area (Å²) < 4.78 is 0. The Morgan fingerprint density at radius 3 is 2.78 bits per heavy atom. The van der Waals surface area contributed by atoms with Gasteiger partial charge in [-0.1, -0.05) is 12.8 Å². The van der Waals surface area contributed by atoms with Gasteiger partial charge in [0.2, 0.25) is 0 Å². The highest BCUT2D eigenvalue weighted by molar-refractivity contribution is 4.90. The van der Waals surface area contributed by atoms with Crippen LogP contribution in [0.1, 0.15) is 32.1 Å². The van der Waals surface area contributed by atoms with Gasteiger partial charge in [-0.25, -0.2) is 0 Å². The third kappa shape index (κ3) is 1.11. The van der Waals surface area contributed by atoms with E-state index in [4.69, 9.17) is 0 Å². The van der Waals surface area contributed by atoms with Gasteiger partial charge in [-0.05, 0) is 31.1 Å². The largest absolute Gasteiger partial charge is 0.393 e. The molecule has 1 heteroatoms. The third-order valence-electron chi connectivity index (χ3n) is 2.76. The second-order valence-corrected chi connectivity index (χ2v) is 3.58. The van der Waals surface area contributed by atoms with Crippen LogP contribution in [0, 0.1) is 11.8 Å². The molecule has 0 bridgehead atoms. The van der Waals surface area contributed by atoms with Crippen LogP contribution < -0.4 is 0 Å². The van der Waals surface area contributed by atoms with Gasteiger partial charge in [0.15, 0.2) is 0 Å². The molecule has 0 amide bonds. The average molecular weight is 126 g/mol. The smallest absolute Gasteiger partial charge is 0.0543 e. The zero-order valence-electron chi connectivity index (χ0n) is 5.71. The first-order valence-electron chi connectivity index (χ1n) is 4.04. The van der Waals surface area contributed by atoms with Crippen molar-refractivity contribution in [1.29, 1.82) is 0 Å². The maximum absolute atomic E-state index is 9.29. The average Bonchev–Trinajstić information content (AvgIpc) is 2.43. The number of fused-ring (bicyclic) bond motifs is 1. The molecular weight excluding hydrogens is 112 g/mol. The van der Waals surface area contributed by atoms with E-state index in [0.717, 1.165) is 24.7 Å². The molecule has 0 radical (unpaired) electrons. The quantitative estimate of drug-likeness (QED) is 0.522. The molecule has 0 unspecified atom stereocenters. The highest BCUT2D eigenvalue weighted by atomic mass is 16.3. The molecule has 0 aliphatic heterocycles. The monoisotopic (exact) mass is 126 g/mol. The van der Waals surface area contributed by atoms with Gasteiger partial charge < -0.3 is 5.11 Å². The predicted octanol–water partition coefficient (Wildman–Crippen LogP) is 1.56. The van der Waals surface area contributed by atoms with Gasteiger partial charge >= 0.3 is 0 Å². The summed E-state index contributed by atoms with van der Waals surface area (Å²) in [6, 6.07) is 0. The van der Waals surface area contributed by atoms with Crippen molar-refractivity contribution in [1.82, 2.24) is 0 Å². The van der Waals surface area contributed by atoms with E-state index in [1.165, 1.54) is 19.3 Å². The van der Waals surface area contributed by atoms with E-state index in [0.29, 0.717) is 0 Å². The van der Waals surface area contributed by atoms with Gasteiger partial charge in [0.25, 0.3) is 0 Å². The topological polar surface area (TPSA) is 20.2 Å². The van der Waals surface area contributed by atoms with E-state index in [1.54, 1.807) is 0 Å². The van der Waals surface area contributed by atoms with Crippen LogP contribution in [0.15, 0.2) is 0 Å². The summed E-state index contributed by atoms with van der Waals surface area (Å²) in [6.45, 7) is 0. The number of hydrogen-bond donors (Lipinski definition) is 1. The van der Waals surface area contributed by atoms with Crippen molar-refractivity contribution in [3.63, 3.8) is 0 Å². The second-order valence-electron chi connectivity index (χ2n) is 3.58. The first kappa shape index (κ1) is 5.72. The summed E-state index contributed by atoms with van der Waals surface area (Å²) in [5, 5.41) is 9.29. The van der Waals surface area contributed by atoms with E-state index in [9.17, 15) is 5.11 Å². The molecular formula is C8H14O. The lowest BCUT2D eigenvalue weighted by Crippen LogP contribution is -2.04. The lowest BCUT2D eigenvalue weighted by Gasteiger charge is -2.04. The Bertz CT molecular complexity index is 111.